The van der Waals surface area contributed by atoms with Gasteiger partial charge in [-0.3, -0.25) is 0 Å². The fraction of sp³-hybridized carbons (Fsp3) is 0.812. The van der Waals surface area contributed by atoms with E-state index in [0.717, 1.165) is 25.2 Å². The van der Waals surface area contributed by atoms with Crippen LogP contribution in [-0.2, 0) is 6.54 Å². The van der Waals surface area contributed by atoms with Gasteiger partial charge in [0, 0.05) is 6.54 Å². The van der Waals surface area contributed by atoms with Crippen molar-refractivity contribution in [2.45, 2.75) is 65.5 Å². The standard InChI is InChI=1S/C16H28N2O2/c1-4-13-7-5-6-8-15(13)20-16-18-14(11-19-16)10-17-9-12(2)3/h11-13,15,17H,4-10H2,1-3H3. The molecule has 1 N–H and O–H groups in total. The number of hydrogen-bond donors (Lipinski definition) is 1. The van der Waals surface area contributed by atoms with Gasteiger partial charge in [-0.2, -0.15) is 4.98 Å². The van der Waals surface area contributed by atoms with Crippen LogP contribution >= 0.6 is 0 Å². The summed E-state index contributed by atoms with van der Waals surface area (Å²) in [6.07, 6.45) is 8.58. The lowest BCUT2D eigenvalue weighted by atomic mass is 9.85. The average Bonchev–Trinajstić information content (AvgIpc) is 2.86. The van der Waals surface area contributed by atoms with Crippen LogP contribution in [0.25, 0.3) is 0 Å². The molecule has 1 aliphatic rings. The zero-order chi connectivity index (χ0) is 14.4. The van der Waals surface area contributed by atoms with Gasteiger partial charge in [0.15, 0.2) is 0 Å². The Morgan fingerprint density at radius 3 is 2.95 bits per heavy atom. The van der Waals surface area contributed by atoms with Gasteiger partial charge < -0.3 is 14.5 Å². The Bertz CT molecular complexity index is 390. The SMILES string of the molecule is CCC1CCCCC1Oc1nc(CNCC(C)C)co1. The van der Waals surface area contributed by atoms with Crippen LogP contribution < -0.4 is 10.1 Å². The first-order chi connectivity index (χ1) is 9.69. The van der Waals surface area contributed by atoms with Crippen molar-refractivity contribution in [3.8, 4) is 6.08 Å². The highest BCUT2D eigenvalue weighted by molar-refractivity contribution is 5.00. The van der Waals surface area contributed by atoms with Crippen LogP contribution in [0.15, 0.2) is 10.7 Å². The summed E-state index contributed by atoms with van der Waals surface area (Å²) in [5.74, 6) is 1.29. The van der Waals surface area contributed by atoms with Gasteiger partial charge in [0.05, 0.1) is 5.69 Å². The van der Waals surface area contributed by atoms with E-state index in [4.69, 9.17) is 9.15 Å². The van der Waals surface area contributed by atoms with Crippen LogP contribution in [0.3, 0.4) is 0 Å². The molecule has 114 valence electrons. The molecule has 0 amide bonds. The molecule has 0 aromatic carbocycles. The van der Waals surface area contributed by atoms with Crippen molar-refractivity contribution in [3.05, 3.63) is 12.0 Å². The largest absolute Gasteiger partial charge is 0.447 e. The maximum atomic E-state index is 5.96. The van der Waals surface area contributed by atoms with Crippen molar-refractivity contribution in [1.29, 1.82) is 0 Å². The molecule has 1 aromatic heterocycles. The number of aromatic nitrogens is 1. The highest BCUT2D eigenvalue weighted by atomic mass is 16.6. The third-order valence-corrected chi connectivity index (χ3v) is 4.01. The molecule has 1 saturated carbocycles. The highest BCUT2D eigenvalue weighted by Crippen LogP contribution is 2.30. The van der Waals surface area contributed by atoms with Gasteiger partial charge in [0.1, 0.15) is 12.4 Å². The van der Waals surface area contributed by atoms with E-state index < -0.39 is 0 Å². The summed E-state index contributed by atoms with van der Waals surface area (Å²) in [4.78, 5) is 4.42. The smallest absolute Gasteiger partial charge is 0.394 e. The van der Waals surface area contributed by atoms with Crippen LogP contribution in [0.2, 0.25) is 0 Å². The molecule has 4 heteroatoms. The maximum absolute atomic E-state index is 5.96. The number of oxazole rings is 1. The van der Waals surface area contributed by atoms with Crippen LogP contribution in [0.5, 0.6) is 6.08 Å². The normalized spacial score (nSPS) is 23.2. The Morgan fingerprint density at radius 1 is 1.40 bits per heavy atom. The molecule has 2 unspecified atom stereocenters. The predicted molar refractivity (Wildman–Crippen MR) is 79.7 cm³/mol. The Balaban J connectivity index is 1.82. The quantitative estimate of drug-likeness (QED) is 0.826. The summed E-state index contributed by atoms with van der Waals surface area (Å²) in [5, 5.41) is 3.36. The van der Waals surface area contributed by atoms with Crippen molar-refractivity contribution < 1.29 is 9.15 Å². The summed E-state index contributed by atoms with van der Waals surface area (Å²) in [6, 6.07) is 0. The molecule has 0 radical (unpaired) electrons. The summed E-state index contributed by atoms with van der Waals surface area (Å²) < 4.78 is 11.4. The summed E-state index contributed by atoms with van der Waals surface area (Å²) in [6.45, 7) is 8.36. The van der Waals surface area contributed by atoms with Crippen LogP contribution in [0.1, 0.15) is 58.6 Å². The molecular formula is C16H28N2O2. The van der Waals surface area contributed by atoms with E-state index in [1.807, 2.05) is 0 Å². The third kappa shape index (κ3) is 4.51. The van der Waals surface area contributed by atoms with E-state index >= 15 is 0 Å². The predicted octanol–water partition coefficient (Wildman–Crippen LogP) is 3.77. The van der Waals surface area contributed by atoms with Crippen molar-refractivity contribution in [2.24, 2.45) is 11.8 Å². The van der Waals surface area contributed by atoms with Gasteiger partial charge in [0.25, 0.3) is 0 Å². The number of ether oxygens (including phenoxy) is 1. The van der Waals surface area contributed by atoms with Gasteiger partial charge in [-0.05, 0) is 44.1 Å². The first-order valence-electron chi connectivity index (χ1n) is 8.00. The van der Waals surface area contributed by atoms with Gasteiger partial charge in [-0.15, -0.1) is 0 Å². The van der Waals surface area contributed by atoms with Crippen LogP contribution in [-0.4, -0.2) is 17.6 Å². The lowest BCUT2D eigenvalue weighted by Gasteiger charge is -2.29. The molecule has 0 bridgehead atoms. The Kier molecular flexibility index (Phi) is 5.89. The third-order valence-electron chi connectivity index (χ3n) is 4.01. The molecule has 2 atom stereocenters. The highest BCUT2D eigenvalue weighted by Gasteiger charge is 2.26. The van der Waals surface area contributed by atoms with Crippen molar-refractivity contribution >= 4 is 0 Å². The fourth-order valence-corrected chi connectivity index (χ4v) is 2.84. The first kappa shape index (κ1) is 15.4. The number of nitrogens with zero attached hydrogens (tertiary/aromatic N) is 1. The van der Waals surface area contributed by atoms with E-state index in [9.17, 15) is 0 Å². The first-order valence-corrected chi connectivity index (χ1v) is 8.00. The molecule has 2 rings (SSSR count). The molecular weight excluding hydrogens is 252 g/mol. The van der Waals surface area contributed by atoms with Gasteiger partial charge in [-0.25, -0.2) is 0 Å². The second-order valence-electron chi connectivity index (χ2n) is 6.24. The van der Waals surface area contributed by atoms with E-state index in [-0.39, 0.29) is 6.10 Å². The lowest BCUT2D eigenvalue weighted by Crippen LogP contribution is -2.30. The van der Waals surface area contributed by atoms with Crippen LogP contribution in [0, 0.1) is 11.8 Å². The van der Waals surface area contributed by atoms with Crippen LogP contribution in [0.4, 0.5) is 0 Å². The molecule has 1 aromatic rings. The average molecular weight is 280 g/mol. The molecule has 1 fully saturated rings. The second-order valence-corrected chi connectivity index (χ2v) is 6.24. The molecule has 0 spiro atoms. The molecule has 0 aliphatic heterocycles. The van der Waals surface area contributed by atoms with E-state index in [1.54, 1.807) is 6.26 Å². The van der Waals surface area contributed by atoms with Gasteiger partial charge in [-0.1, -0.05) is 27.2 Å². The Morgan fingerprint density at radius 2 is 2.20 bits per heavy atom. The molecule has 20 heavy (non-hydrogen) atoms. The lowest BCUT2D eigenvalue weighted by molar-refractivity contribution is 0.0610. The minimum atomic E-state index is 0.281. The maximum Gasteiger partial charge on any atom is 0.394 e. The van der Waals surface area contributed by atoms with Crippen molar-refractivity contribution in [3.63, 3.8) is 0 Å². The van der Waals surface area contributed by atoms with Gasteiger partial charge >= 0.3 is 6.08 Å². The minimum absolute atomic E-state index is 0.281. The molecule has 1 aliphatic carbocycles. The van der Waals surface area contributed by atoms with E-state index in [1.165, 1.54) is 25.7 Å². The van der Waals surface area contributed by atoms with E-state index in [2.05, 4.69) is 31.1 Å². The minimum Gasteiger partial charge on any atom is -0.447 e. The summed E-state index contributed by atoms with van der Waals surface area (Å²) in [5.41, 5.74) is 0.921. The fourth-order valence-electron chi connectivity index (χ4n) is 2.84. The topological polar surface area (TPSA) is 47.3 Å². The van der Waals surface area contributed by atoms with Crippen molar-refractivity contribution in [1.82, 2.24) is 10.3 Å². The zero-order valence-corrected chi connectivity index (χ0v) is 13.0. The Labute approximate surface area is 122 Å². The van der Waals surface area contributed by atoms with Gasteiger partial charge in [0.2, 0.25) is 0 Å². The second kappa shape index (κ2) is 7.67. The number of nitrogens with one attached hydrogen (secondary N) is 1. The van der Waals surface area contributed by atoms with Crippen molar-refractivity contribution in [2.75, 3.05) is 6.54 Å². The summed E-state index contributed by atoms with van der Waals surface area (Å²) in [7, 11) is 0. The number of rotatable bonds is 7. The monoisotopic (exact) mass is 280 g/mol. The molecule has 0 saturated heterocycles. The molecule has 4 nitrogen and oxygen atoms in total. The van der Waals surface area contributed by atoms with E-state index in [0.29, 0.717) is 17.9 Å². The Hall–Kier alpha value is -1.03. The number of hydrogen-bond acceptors (Lipinski definition) is 4. The zero-order valence-electron chi connectivity index (χ0n) is 13.0. The summed E-state index contributed by atoms with van der Waals surface area (Å²) >= 11 is 0. The molecule has 1 heterocycles.